The molecular formula is C18H19N5O7S2. The average molecular weight is 482 g/mol. The summed E-state index contributed by atoms with van der Waals surface area (Å²) in [5, 5.41) is 17.2. The molecule has 3 aliphatic heterocycles. The van der Waals surface area contributed by atoms with Gasteiger partial charge in [0.25, 0.3) is 11.8 Å². The molecule has 32 heavy (non-hydrogen) atoms. The van der Waals surface area contributed by atoms with Crippen LogP contribution in [0.25, 0.3) is 0 Å². The van der Waals surface area contributed by atoms with Gasteiger partial charge in [-0.2, -0.15) is 0 Å². The second kappa shape index (κ2) is 8.78. The highest BCUT2D eigenvalue weighted by Gasteiger charge is 2.54. The third-order valence-electron chi connectivity index (χ3n) is 5.14. The third-order valence-corrected chi connectivity index (χ3v) is 7.15. The zero-order valence-corrected chi connectivity index (χ0v) is 18.4. The molecule has 4 heterocycles. The highest BCUT2D eigenvalue weighted by molar-refractivity contribution is 8.00. The SMILES string of the molecule is CO/N=C(\C(=O)N[C@@H]1C(=O)N2C(C(=O)O)=C(CC3CCC(=O)O3)CS[C@H]12)c1csc(N)n1. The number of carbonyl (C=O) groups excluding carboxylic acids is 3. The number of carbonyl (C=O) groups is 4. The van der Waals surface area contributed by atoms with Crippen LogP contribution in [0.1, 0.15) is 25.0 Å². The minimum absolute atomic E-state index is 0.120. The second-order valence-electron chi connectivity index (χ2n) is 7.17. The second-order valence-corrected chi connectivity index (χ2v) is 9.16. The van der Waals surface area contributed by atoms with E-state index < -0.39 is 35.3 Å². The van der Waals surface area contributed by atoms with Crippen LogP contribution >= 0.6 is 23.1 Å². The van der Waals surface area contributed by atoms with Crippen molar-refractivity contribution in [2.45, 2.75) is 36.8 Å². The Morgan fingerprint density at radius 1 is 1.47 bits per heavy atom. The van der Waals surface area contributed by atoms with Crippen molar-refractivity contribution in [3.63, 3.8) is 0 Å². The summed E-state index contributed by atoms with van der Waals surface area (Å²) in [5.74, 6) is -2.47. The smallest absolute Gasteiger partial charge is 0.352 e. The number of anilines is 1. The maximum atomic E-state index is 12.8. The molecule has 1 unspecified atom stereocenters. The van der Waals surface area contributed by atoms with Gasteiger partial charge in [-0.3, -0.25) is 19.3 Å². The number of nitrogens with one attached hydrogen (secondary N) is 1. The Balaban J connectivity index is 1.50. The van der Waals surface area contributed by atoms with Crippen LogP contribution in [0.5, 0.6) is 0 Å². The lowest BCUT2D eigenvalue weighted by molar-refractivity contribution is -0.150. The lowest BCUT2D eigenvalue weighted by Gasteiger charge is -2.49. The summed E-state index contributed by atoms with van der Waals surface area (Å²) in [4.78, 5) is 58.7. The molecule has 2 fully saturated rings. The number of hydrogen-bond donors (Lipinski definition) is 3. The van der Waals surface area contributed by atoms with Crippen molar-refractivity contribution in [1.82, 2.24) is 15.2 Å². The van der Waals surface area contributed by atoms with Crippen LogP contribution in [0.2, 0.25) is 0 Å². The minimum atomic E-state index is -1.24. The molecule has 2 saturated heterocycles. The molecule has 3 atom stereocenters. The predicted octanol–water partition coefficient (Wildman–Crippen LogP) is -0.0899. The van der Waals surface area contributed by atoms with Gasteiger partial charge in [-0.05, 0) is 12.0 Å². The number of carboxylic acid groups (broad SMARTS) is 1. The van der Waals surface area contributed by atoms with Gasteiger partial charge in [0.2, 0.25) is 0 Å². The summed E-state index contributed by atoms with van der Waals surface area (Å²) in [6.07, 6.45) is 0.667. The average Bonchev–Trinajstić information content (AvgIpc) is 3.37. The molecule has 4 N–H and O–H groups in total. The quantitative estimate of drug-likeness (QED) is 0.207. The molecule has 0 aliphatic carbocycles. The number of thioether (sulfide) groups is 1. The Kier molecular flexibility index (Phi) is 6.06. The van der Waals surface area contributed by atoms with Crippen molar-refractivity contribution >= 4 is 57.7 Å². The maximum Gasteiger partial charge on any atom is 0.352 e. The number of hydrogen-bond acceptors (Lipinski definition) is 11. The fraction of sp³-hybridized carbons (Fsp3) is 0.444. The largest absolute Gasteiger partial charge is 0.477 e. The normalized spacial score (nSPS) is 25.2. The van der Waals surface area contributed by atoms with Crippen molar-refractivity contribution < 1.29 is 33.9 Å². The summed E-state index contributed by atoms with van der Waals surface area (Å²) >= 11 is 2.45. The number of amides is 2. The van der Waals surface area contributed by atoms with Crippen LogP contribution in [0.3, 0.4) is 0 Å². The van der Waals surface area contributed by atoms with E-state index in [2.05, 4.69) is 15.5 Å². The van der Waals surface area contributed by atoms with Gasteiger partial charge in [0.15, 0.2) is 10.8 Å². The fourth-order valence-corrected chi connectivity index (χ4v) is 5.65. The Hall–Kier alpha value is -3.13. The molecule has 0 bridgehead atoms. The number of nitrogens with zero attached hydrogens (tertiary/aromatic N) is 3. The number of fused-ring (bicyclic) bond motifs is 1. The highest BCUT2D eigenvalue weighted by Crippen LogP contribution is 2.42. The maximum absolute atomic E-state index is 12.8. The summed E-state index contributed by atoms with van der Waals surface area (Å²) in [6, 6.07) is -0.939. The Bertz CT molecular complexity index is 1050. The number of thiazole rings is 1. The number of carboxylic acids is 1. The first-order valence-corrected chi connectivity index (χ1v) is 11.5. The van der Waals surface area contributed by atoms with E-state index in [1.807, 2.05) is 0 Å². The Labute approximate surface area is 189 Å². The molecule has 0 aromatic carbocycles. The molecule has 0 radical (unpaired) electrons. The first-order valence-electron chi connectivity index (χ1n) is 9.53. The van der Waals surface area contributed by atoms with E-state index in [0.29, 0.717) is 24.2 Å². The molecule has 0 spiro atoms. The summed E-state index contributed by atoms with van der Waals surface area (Å²) in [7, 11) is 1.27. The van der Waals surface area contributed by atoms with Gasteiger partial charge in [0, 0.05) is 24.0 Å². The molecule has 3 aliphatic rings. The lowest BCUT2D eigenvalue weighted by Crippen LogP contribution is -2.71. The van der Waals surface area contributed by atoms with E-state index in [1.165, 1.54) is 29.2 Å². The number of β-lactam (4-membered cyclic amide) rings is 1. The summed E-state index contributed by atoms with van der Waals surface area (Å²) in [6.45, 7) is 0. The summed E-state index contributed by atoms with van der Waals surface area (Å²) in [5.41, 5.74) is 6.07. The highest BCUT2D eigenvalue weighted by atomic mass is 32.2. The fourth-order valence-electron chi connectivity index (χ4n) is 3.74. The molecular weight excluding hydrogens is 462 g/mol. The first-order chi connectivity index (χ1) is 15.3. The lowest BCUT2D eigenvalue weighted by atomic mass is 9.99. The number of rotatable bonds is 7. The van der Waals surface area contributed by atoms with Crippen LogP contribution in [-0.4, -0.2) is 74.8 Å². The van der Waals surface area contributed by atoms with Gasteiger partial charge in [0.05, 0.1) is 0 Å². The van der Waals surface area contributed by atoms with Crippen LogP contribution in [0.15, 0.2) is 21.8 Å². The Morgan fingerprint density at radius 2 is 2.25 bits per heavy atom. The monoisotopic (exact) mass is 481 g/mol. The number of oxime groups is 1. The van der Waals surface area contributed by atoms with E-state index in [-0.39, 0.29) is 34.6 Å². The molecule has 2 amide bonds. The van der Waals surface area contributed by atoms with Gasteiger partial charge in [-0.25, -0.2) is 9.78 Å². The van der Waals surface area contributed by atoms with Gasteiger partial charge in [-0.1, -0.05) is 5.16 Å². The molecule has 170 valence electrons. The van der Waals surface area contributed by atoms with E-state index >= 15 is 0 Å². The number of nitrogens with two attached hydrogens (primary N) is 1. The minimum Gasteiger partial charge on any atom is -0.477 e. The number of aromatic nitrogens is 1. The van der Waals surface area contributed by atoms with Gasteiger partial charge in [0.1, 0.15) is 36.0 Å². The molecule has 12 nitrogen and oxygen atoms in total. The molecule has 1 aromatic rings. The number of aliphatic carboxylic acids is 1. The van der Waals surface area contributed by atoms with Crippen molar-refractivity contribution in [2.24, 2.45) is 5.16 Å². The summed E-state index contributed by atoms with van der Waals surface area (Å²) < 4.78 is 5.19. The van der Waals surface area contributed by atoms with Crippen LogP contribution in [-0.2, 0) is 28.8 Å². The van der Waals surface area contributed by atoms with Crippen molar-refractivity contribution in [1.29, 1.82) is 0 Å². The number of cyclic esters (lactones) is 1. The van der Waals surface area contributed by atoms with Crippen LogP contribution in [0, 0.1) is 0 Å². The zero-order valence-electron chi connectivity index (χ0n) is 16.8. The van der Waals surface area contributed by atoms with E-state index in [1.54, 1.807) is 0 Å². The number of nitrogen functional groups attached to an aromatic ring is 1. The van der Waals surface area contributed by atoms with Crippen LogP contribution in [0.4, 0.5) is 5.13 Å². The molecule has 1 aromatic heterocycles. The zero-order chi connectivity index (χ0) is 23.0. The van der Waals surface area contributed by atoms with Crippen LogP contribution < -0.4 is 11.1 Å². The Morgan fingerprint density at radius 3 is 2.84 bits per heavy atom. The van der Waals surface area contributed by atoms with Gasteiger partial charge >= 0.3 is 11.9 Å². The van der Waals surface area contributed by atoms with E-state index in [0.717, 1.165) is 11.3 Å². The first kappa shape index (κ1) is 22.1. The third kappa shape index (κ3) is 4.02. The number of esters is 1. The molecule has 0 saturated carbocycles. The number of ether oxygens (including phenoxy) is 1. The van der Waals surface area contributed by atoms with Crippen molar-refractivity contribution in [3.05, 3.63) is 22.3 Å². The van der Waals surface area contributed by atoms with Crippen molar-refractivity contribution in [3.8, 4) is 0 Å². The predicted molar refractivity (Wildman–Crippen MR) is 113 cm³/mol. The van der Waals surface area contributed by atoms with Gasteiger partial charge in [-0.15, -0.1) is 23.1 Å². The molecule has 14 heteroatoms. The van der Waals surface area contributed by atoms with E-state index in [9.17, 15) is 24.3 Å². The van der Waals surface area contributed by atoms with Crippen molar-refractivity contribution in [2.75, 3.05) is 18.6 Å². The standard InChI is InChI=1S/C18H19N5O7S2/c1-29-22-11(9-6-32-18(19)20-9)14(25)21-12-15(26)23-13(17(27)28)7(5-31-16(12)23)4-8-2-3-10(24)30-8/h6,8,12,16H,2-5H2,1H3,(H2,19,20)(H,21,25)(H,27,28)/b22-11-/t8?,12-,16-/m1/s1. The topological polar surface area (TPSA) is 174 Å². The van der Waals surface area contributed by atoms with E-state index in [4.69, 9.17) is 15.3 Å². The molecule has 4 rings (SSSR count). The van der Waals surface area contributed by atoms with Gasteiger partial charge < -0.3 is 25.7 Å².